The highest BCUT2D eigenvalue weighted by atomic mass is 19.3. The molecule has 1 N–H and O–H groups in total. The monoisotopic (exact) mass is 487 g/mol. The second-order valence-electron chi connectivity index (χ2n) is 9.09. The van der Waals surface area contributed by atoms with Gasteiger partial charge in [-0.3, -0.25) is 9.69 Å². The average Bonchev–Trinajstić information content (AvgIpc) is 2.88. The van der Waals surface area contributed by atoms with Crippen LogP contribution in [0.1, 0.15) is 28.4 Å². The van der Waals surface area contributed by atoms with Crippen molar-refractivity contribution in [3.05, 3.63) is 95.6 Å². The molecule has 0 atom stereocenters. The van der Waals surface area contributed by atoms with Crippen molar-refractivity contribution in [3.8, 4) is 11.3 Å². The van der Waals surface area contributed by atoms with Crippen molar-refractivity contribution in [2.24, 2.45) is 0 Å². The third kappa shape index (κ3) is 5.42. The molecule has 1 amide bonds. The maximum absolute atomic E-state index is 13.9. The first-order valence-corrected chi connectivity index (χ1v) is 12.0. The summed E-state index contributed by atoms with van der Waals surface area (Å²) >= 11 is 0. The summed E-state index contributed by atoms with van der Waals surface area (Å²) in [5.41, 5.74) is 3.78. The van der Waals surface area contributed by atoms with Gasteiger partial charge in [0.25, 0.3) is 11.8 Å². The Bertz CT molecular complexity index is 1390. The Kier molecular flexibility index (Phi) is 6.76. The van der Waals surface area contributed by atoms with Crippen LogP contribution in [0.5, 0.6) is 0 Å². The number of halogens is 2. The van der Waals surface area contributed by atoms with E-state index in [0.29, 0.717) is 28.0 Å². The van der Waals surface area contributed by atoms with Gasteiger partial charge in [-0.2, -0.15) is 0 Å². The number of aromatic nitrogens is 1. The lowest BCUT2D eigenvalue weighted by Gasteiger charge is -2.26. The number of benzene rings is 3. The van der Waals surface area contributed by atoms with Crippen molar-refractivity contribution >= 4 is 22.5 Å². The van der Waals surface area contributed by atoms with Gasteiger partial charge in [0.1, 0.15) is 0 Å². The van der Waals surface area contributed by atoms with Crippen LogP contribution >= 0.6 is 0 Å². The van der Waals surface area contributed by atoms with Crippen molar-refractivity contribution in [1.29, 1.82) is 0 Å². The molecule has 5 rings (SSSR count). The van der Waals surface area contributed by atoms with Gasteiger partial charge in [0.05, 0.1) is 30.0 Å². The van der Waals surface area contributed by atoms with Gasteiger partial charge in [0, 0.05) is 48.8 Å². The Hall–Kier alpha value is -3.68. The van der Waals surface area contributed by atoms with Crippen molar-refractivity contribution in [3.63, 3.8) is 0 Å². The number of fused-ring (bicyclic) bond motifs is 1. The molecule has 5 nitrogen and oxygen atoms in total. The highest BCUT2D eigenvalue weighted by Crippen LogP contribution is 2.31. The molecule has 1 saturated heterocycles. The summed E-state index contributed by atoms with van der Waals surface area (Å²) in [5, 5.41) is 3.79. The maximum atomic E-state index is 13.9. The molecular weight excluding hydrogens is 460 g/mol. The predicted molar refractivity (Wildman–Crippen MR) is 137 cm³/mol. The third-order valence-electron chi connectivity index (χ3n) is 6.32. The molecule has 1 aliphatic rings. The Morgan fingerprint density at radius 3 is 2.58 bits per heavy atom. The van der Waals surface area contributed by atoms with E-state index >= 15 is 0 Å². The summed E-state index contributed by atoms with van der Waals surface area (Å²) < 4.78 is 33.1. The summed E-state index contributed by atoms with van der Waals surface area (Å²) in [4.78, 5) is 20.3. The SMILES string of the molecule is CC(F)(F)c1cccc(-c2ccc3cccc(C(=O)Nc4cccc(CN5CCOCC5)c4)c3n2)c1. The van der Waals surface area contributed by atoms with E-state index in [0.717, 1.165) is 50.7 Å². The van der Waals surface area contributed by atoms with Gasteiger partial charge in [-0.05, 0) is 35.9 Å². The van der Waals surface area contributed by atoms with Crippen LogP contribution in [-0.4, -0.2) is 42.1 Å². The van der Waals surface area contributed by atoms with Gasteiger partial charge < -0.3 is 10.1 Å². The van der Waals surface area contributed by atoms with Crippen molar-refractivity contribution in [2.45, 2.75) is 19.4 Å². The molecule has 1 fully saturated rings. The number of pyridine rings is 1. The molecule has 0 radical (unpaired) electrons. The Labute approximate surface area is 208 Å². The number of amides is 1. The molecule has 1 aromatic heterocycles. The lowest BCUT2D eigenvalue weighted by molar-refractivity contribution is 0.0175. The Balaban J connectivity index is 1.41. The lowest BCUT2D eigenvalue weighted by Crippen LogP contribution is -2.35. The van der Waals surface area contributed by atoms with Crippen molar-refractivity contribution in [2.75, 3.05) is 31.6 Å². The molecule has 0 spiro atoms. The molecule has 3 aromatic carbocycles. The van der Waals surface area contributed by atoms with Crippen LogP contribution in [-0.2, 0) is 17.2 Å². The number of alkyl halides is 2. The number of nitrogens with one attached hydrogen (secondary N) is 1. The molecule has 0 bridgehead atoms. The van der Waals surface area contributed by atoms with E-state index in [1.54, 1.807) is 24.3 Å². The molecule has 36 heavy (non-hydrogen) atoms. The Morgan fingerprint density at radius 2 is 1.78 bits per heavy atom. The van der Waals surface area contributed by atoms with Crippen LogP contribution in [0.15, 0.2) is 78.9 Å². The summed E-state index contributed by atoms with van der Waals surface area (Å²) in [5.74, 6) is -3.23. The number of carbonyl (C=O) groups is 1. The van der Waals surface area contributed by atoms with Crippen LogP contribution in [0.25, 0.3) is 22.2 Å². The number of morpholine rings is 1. The third-order valence-corrected chi connectivity index (χ3v) is 6.32. The van der Waals surface area contributed by atoms with Crippen LogP contribution in [0, 0.1) is 0 Å². The van der Waals surface area contributed by atoms with Gasteiger partial charge in [0.2, 0.25) is 0 Å². The summed E-state index contributed by atoms with van der Waals surface area (Å²) in [6, 6.07) is 23.0. The number of para-hydroxylation sites is 1. The van der Waals surface area contributed by atoms with E-state index in [9.17, 15) is 13.6 Å². The Morgan fingerprint density at radius 1 is 1.00 bits per heavy atom. The second kappa shape index (κ2) is 10.1. The number of nitrogens with zero attached hydrogens (tertiary/aromatic N) is 2. The molecule has 1 aliphatic heterocycles. The van der Waals surface area contributed by atoms with Gasteiger partial charge in [-0.25, -0.2) is 13.8 Å². The fourth-order valence-corrected chi connectivity index (χ4v) is 4.41. The zero-order valence-corrected chi connectivity index (χ0v) is 20.0. The first-order chi connectivity index (χ1) is 17.4. The highest BCUT2D eigenvalue weighted by molar-refractivity contribution is 6.12. The second-order valence-corrected chi connectivity index (χ2v) is 9.09. The average molecular weight is 488 g/mol. The van der Waals surface area contributed by atoms with Crippen LogP contribution in [0.2, 0.25) is 0 Å². The lowest BCUT2D eigenvalue weighted by atomic mass is 10.0. The zero-order chi connectivity index (χ0) is 25.1. The van der Waals surface area contributed by atoms with E-state index in [4.69, 9.17) is 9.72 Å². The predicted octanol–water partition coefficient (Wildman–Crippen LogP) is 6.10. The number of hydrogen-bond acceptors (Lipinski definition) is 4. The molecule has 4 aromatic rings. The van der Waals surface area contributed by atoms with Crippen LogP contribution in [0.3, 0.4) is 0 Å². The van der Waals surface area contributed by atoms with Crippen LogP contribution in [0.4, 0.5) is 14.5 Å². The van der Waals surface area contributed by atoms with Gasteiger partial charge in [0.15, 0.2) is 0 Å². The minimum absolute atomic E-state index is 0.0788. The van der Waals surface area contributed by atoms with Crippen molar-refractivity contribution < 1.29 is 18.3 Å². The minimum atomic E-state index is -2.95. The molecular formula is C29H27F2N3O2. The van der Waals surface area contributed by atoms with Gasteiger partial charge in [-0.15, -0.1) is 0 Å². The van der Waals surface area contributed by atoms with Crippen molar-refractivity contribution in [1.82, 2.24) is 9.88 Å². The maximum Gasteiger partial charge on any atom is 0.270 e. The first kappa shape index (κ1) is 24.0. The topological polar surface area (TPSA) is 54.5 Å². The number of carbonyl (C=O) groups excluding carboxylic acids is 1. The summed E-state index contributed by atoms with van der Waals surface area (Å²) in [6.07, 6.45) is 0. The van der Waals surface area contributed by atoms with E-state index in [-0.39, 0.29) is 11.5 Å². The first-order valence-electron chi connectivity index (χ1n) is 12.0. The summed E-state index contributed by atoms with van der Waals surface area (Å²) in [7, 11) is 0. The normalized spacial score (nSPS) is 14.6. The van der Waals surface area contributed by atoms with E-state index in [2.05, 4.69) is 10.2 Å². The number of anilines is 1. The molecule has 0 aliphatic carbocycles. The largest absolute Gasteiger partial charge is 0.379 e. The molecule has 0 saturated carbocycles. The molecule has 0 unspecified atom stereocenters. The highest BCUT2D eigenvalue weighted by Gasteiger charge is 2.24. The quantitative estimate of drug-likeness (QED) is 0.357. The van der Waals surface area contributed by atoms with Gasteiger partial charge in [-0.1, -0.05) is 48.5 Å². The molecule has 7 heteroatoms. The zero-order valence-electron chi connectivity index (χ0n) is 20.0. The number of rotatable bonds is 6. The van der Waals surface area contributed by atoms with E-state index in [1.807, 2.05) is 42.5 Å². The number of hydrogen-bond donors (Lipinski definition) is 1. The van der Waals surface area contributed by atoms with E-state index in [1.165, 1.54) is 12.1 Å². The minimum Gasteiger partial charge on any atom is -0.379 e. The van der Waals surface area contributed by atoms with Crippen LogP contribution < -0.4 is 5.32 Å². The smallest absolute Gasteiger partial charge is 0.270 e. The molecule has 2 heterocycles. The van der Waals surface area contributed by atoms with Gasteiger partial charge >= 0.3 is 0 Å². The fraction of sp³-hybridized carbons (Fsp3) is 0.241. The standard InChI is InChI=1S/C29H27F2N3O2/c1-29(30,31)23-8-3-7-22(18-23)26-12-11-21-6-4-10-25(27(21)33-26)28(35)32-24-9-2-5-20(17-24)19-34-13-15-36-16-14-34/h2-12,17-18H,13-16,19H2,1H3,(H,32,35). The fourth-order valence-electron chi connectivity index (χ4n) is 4.41. The van der Waals surface area contributed by atoms with E-state index < -0.39 is 5.92 Å². The summed E-state index contributed by atoms with van der Waals surface area (Å²) in [6.45, 7) is 4.91. The molecule has 184 valence electrons. The number of ether oxygens (including phenoxy) is 1.